The van der Waals surface area contributed by atoms with Gasteiger partial charge < -0.3 is 20.8 Å². The number of benzene rings is 1. The van der Waals surface area contributed by atoms with Gasteiger partial charge in [0.1, 0.15) is 11.6 Å². The van der Waals surface area contributed by atoms with E-state index in [2.05, 4.69) is 20.6 Å². The van der Waals surface area contributed by atoms with Gasteiger partial charge in [0.25, 0.3) is 0 Å². The van der Waals surface area contributed by atoms with Crippen molar-refractivity contribution in [1.29, 1.82) is 0 Å². The maximum atomic E-state index is 12.0. The highest BCUT2D eigenvalue weighted by Crippen LogP contribution is 2.22. The smallest absolute Gasteiger partial charge is 0.307 e. The summed E-state index contributed by atoms with van der Waals surface area (Å²) in [5.41, 5.74) is 2.15. The fourth-order valence-corrected chi connectivity index (χ4v) is 3.01. The molecule has 0 aliphatic rings. The van der Waals surface area contributed by atoms with Crippen molar-refractivity contribution in [3.63, 3.8) is 0 Å². The SMILES string of the molecule is CC(C)(C)C(=O)Nc1ccc(-c2ccc(NC(=O)C(C)(C)C)nc2)cn1.O=C(O)Cc1ccc(CC(=O)O)cc1. The average molecular weight is 549 g/mol. The van der Waals surface area contributed by atoms with Crippen molar-refractivity contribution in [1.82, 2.24) is 9.97 Å². The minimum atomic E-state index is -0.893. The molecule has 10 heteroatoms. The Kier molecular flexibility index (Phi) is 10.6. The zero-order chi connectivity index (χ0) is 30.1. The number of rotatable bonds is 7. The van der Waals surface area contributed by atoms with Crippen molar-refractivity contribution in [2.24, 2.45) is 10.8 Å². The molecule has 0 aliphatic heterocycles. The molecule has 10 nitrogen and oxygen atoms in total. The summed E-state index contributed by atoms with van der Waals surface area (Å²) in [4.78, 5) is 53.2. The van der Waals surface area contributed by atoms with Crippen LogP contribution >= 0.6 is 0 Å². The van der Waals surface area contributed by atoms with Gasteiger partial charge in [0.15, 0.2) is 0 Å². The summed E-state index contributed by atoms with van der Waals surface area (Å²) < 4.78 is 0. The predicted molar refractivity (Wildman–Crippen MR) is 153 cm³/mol. The molecule has 2 amide bonds. The van der Waals surface area contributed by atoms with Crippen molar-refractivity contribution in [3.05, 3.63) is 72.1 Å². The Labute approximate surface area is 233 Å². The van der Waals surface area contributed by atoms with Crippen LogP contribution in [0.3, 0.4) is 0 Å². The minimum absolute atomic E-state index is 0.0344. The Morgan fingerprint density at radius 3 is 1.15 bits per heavy atom. The number of carbonyl (C=O) groups is 4. The fraction of sp³-hybridized carbons (Fsp3) is 0.333. The number of carboxylic acids is 2. The van der Waals surface area contributed by atoms with E-state index in [-0.39, 0.29) is 24.7 Å². The summed E-state index contributed by atoms with van der Waals surface area (Å²) in [5, 5.41) is 22.6. The number of anilines is 2. The van der Waals surface area contributed by atoms with Crippen LogP contribution in [0.25, 0.3) is 11.1 Å². The standard InChI is InChI=1S/C20H26N4O2.C10H10O4/c1-19(2,3)17(25)23-15-9-7-13(11-21-15)14-8-10-16(22-12-14)24-18(26)20(4,5)6;11-9(12)5-7-1-2-8(4-3-7)6-10(13)14/h7-12H,1-6H3,(H,21,23,25)(H,22,24,26);1-4H,5-6H2,(H,11,12)(H,13,14). The van der Waals surface area contributed by atoms with Gasteiger partial charge in [-0.3, -0.25) is 19.2 Å². The first-order chi connectivity index (χ1) is 18.5. The van der Waals surface area contributed by atoms with Gasteiger partial charge in [0.2, 0.25) is 11.8 Å². The molecule has 2 heterocycles. The molecule has 0 unspecified atom stereocenters. The van der Waals surface area contributed by atoms with Crippen LogP contribution in [0.5, 0.6) is 0 Å². The van der Waals surface area contributed by atoms with E-state index in [4.69, 9.17) is 10.2 Å². The van der Waals surface area contributed by atoms with Gasteiger partial charge in [-0.2, -0.15) is 0 Å². The maximum absolute atomic E-state index is 12.0. The zero-order valence-corrected chi connectivity index (χ0v) is 23.6. The second-order valence-electron chi connectivity index (χ2n) is 11.2. The zero-order valence-electron chi connectivity index (χ0n) is 23.6. The first-order valence-electron chi connectivity index (χ1n) is 12.6. The van der Waals surface area contributed by atoms with Crippen molar-refractivity contribution >= 4 is 35.4 Å². The van der Waals surface area contributed by atoms with Gasteiger partial charge in [-0.25, -0.2) is 9.97 Å². The fourth-order valence-electron chi connectivity index (χ4n) is 3.01. The summed E-state index contributed by atoms with van der Waals surface area (Å²) in [5.74, 6) is -0.935. The summed E-state index contributed by atoms with van der Waals surface area (Å²) in [6.45, 7) is 11.1. The normalized spacial score (nSPS) is 11.1. The lowest BCUT2D eigenvalue weighted by Crippen LogP contribution is -2.28. The number of carboxylic acid groups (broad SMARTS) is 2. The summed E-state index contributed by atoms with van der Waals surface area (Å²) in [7, 11) is 0. The van der Waals surface area contributed by atoms with Crippen LogP contribution in [-0.4, -0.2) is 43.9 Å². The Hall–Kier alpha value is -4.60. The van der Waals surface area contributed by atoms with E-state index >= 15 is 0 Å². The number of pyridine rings is 2. The monoisotopic (exact) mass is 548 g/mol. The van der Waals surface area contributed by atoms with Crippen LogP contribution in [0.1, 0.15) is 52.7 Å². The number of nitrogens with zero attached hydrogens (tertiary/aromatic N) is 2. The van der Waals surface area contributed by atoms with Gasteiger partial charge in [-0.05, 0) is 35.4 Å². The van der Waals surface area contributed by atoms with E-state index in [1.54, 1.807) is 48.8 Å². The largest absolute Gasteiger partial charge is 0.481 e. The molecule has 0 saturated carbocycles. The molecule has 0 aliphatic carbocycles. The maximum Gasteiger partial charge on any atom is 0.307 e. The van der Waals surface area contributed by atoms with Crippen LogP contribution in [0.2, 0.25) is 0 Å². The predicted octanol–water partition coefficient (Wildman–Crippen LogP) is 5.05. The molecule has 0 bridgehead atoms. The van der Waals surface area contributed by atoms with Crippen molar-refractivity contribution < 1.29 is 29.4 Å². The van der Waals surface area contributed by atoms with E-state index in [9.17, 15) is 19.2 Å². The molecule has 0 saturated heterocycles. The first-order valence-corrected chi connectivity index (χ1v) is 12.6. The number of amides is 2. The second-order valence-corrected chi connectivity index (χ2v) is 11.2. The third kappa shape index (κ3) is 10.6. The molecule has 1 aromatic carbocycles. The molecule has 2 aromatic heterocycles. The number of hydrogen-bond acceptors (Lipinski definition) is 6. The van der Waals surface area contributed by atoms with E-state index in [1.165, 1.54) is 0 Å². The Morgan fingerprint density at radius 1 is 0.600 bits per heavy atom. The summed E-state index contributed by atoms with van der Waals surface area (Å²) in [6.07, 6.45) is 3.30. The van der Waals surface area contributed by atoms with Gasteiger partial charge in [0.05, 0.1) is 12.8 Å². The molecule has 3 aromatic rings. The Bertz CT molecular complexity index is 1220. The van der Waals surface area contributed by atoms with Crippen molar-refractivity contribution in [2.75, 3.05) is 10.6 Å². The minimum Gasteiger partial charge on any atom is -0.481 e. The van der Waals surface area contributed by atoms with Crippen LogP contribution < -0.4 is 10.6 Å². The molecule has 0 spiro atoms. The topological polar surface area (TPSA) is 159 Å². The Balaban J connectivity index is 0.000000337. The molecule has 0 radical (unpaired) electrons. The van der Waals surface area contributed by atoms with Gasteiger partial charge in [0, 0.05) is 34.4 Å². The molecule has 40 heavy (non-hydrogen) atoms. The summed E-state index contributed by atoms with van der Waals surface area (Å²) in [6, 6.07) is 13.8. The van der Waals surface area contributed by atoms with Crippen molar-refractivity contribution in [2.45, 2.75) is 54.4 Å². The molecule has 0 fully saturated rings. The van der Waals surface area contributed by atoms with Gasteiger partial charge >= 0.3 is 11.9 Å². The third-order valence-electron chi connectivity index (χ3n) is 5.44. The lowest BCUT2D eigenvalue weighted by atomic mass is 9.96. The molecule has 4 N–H and O–H groups in total. The van der Waals surface area contributed by atoms with E-state index in [1.807, 2.05) is 53.7 Å². The molecule has 3 rings (SSSR count). The molecule has 0 atom stereocenters. The quantitative estimate of drug-likeness (QED) is 0.319. The number of aromatic nitrogens is 2. The highest BCUT2D eigenvalue weighted by Gasteiger charge is 2.22. The number of nitrogens with one attached hydrogen (secondary N) is 2. The highest BCUT2D eigenvalue weighted by molar-refractivity contribution is 5.94. The molecule has 212 valence electrons. The van der Waals surface area contributed by atoms with Crippen LogP contribution in [-0.2, 0) is 32.0 Å². The lowest BCUT2D eigenvalue weighted by Gasteiger charge is -2.17. The summed E-state index contributed by atoms with van der Waals surface area (Å²) >= 11 is 0. The number of carbonyl (C=O) groups excluding carboxylic acids is 2. The van der Waals surface area contributed by atoms with Crippen LogP contribution in [0.4, 0.5) is 11.6 Å². The van der Waals surface area contributed by atoms with Crippen molar-refractivity contribution in [3.8, 4) is 11.1 Å². The third-order valence-corrected chi connectivity index (χ3v) is 5.44. The first kappa shape index (κ1) is 31.6. The van der Waals surface area contributed by atoms with Gasteiger partial charge in [-0.15, -0.1) is 0 Å². The Morgan fingerprint density at radius 2 is 0.925 bits per heavy atom. The van der Waals surface area contributed by atoms with Crippen LogP contribution in [0, 0.1) is 10.8 Å². The van der Waals surface area contributed by atoms with E-state index in [0.717, 1.165) is 11.1 Å². The van der Waals surface area contributed by atoms with E-state index in [0.29, 0.717) is 22.8 Å². The van der Waals surface area contributed by atoms with E-state index < -0.39 is 22.8 Å². The highest BCUT2D eigenvalue weighted by atomic mass is 16.4. The molecular formula is C30H36N4O6. The molecular weight excluding hydrogens is 512 g/mol. The van der Waals surface area contributed by atoms with Crippen LogP contribution in [0.15, 0.2) is 60.9 Å². The van der Waals surface area contributed by atoms with Gasteiger partial charge in [-0.1, -0.05) is 65.8 Å². The number of aliphatic carboxylic acids is 2. The average Bonchev–Trinajstić information content (AvgIpc) is 2.85. The lowest BCUT2D eigenvalue weighted by molar-refractivity contribution is -0.137. The second kappa shape index (κ2) is 13.5. The number of hydrogen-bond donors (Lipinski definition) is 4.